The zero-order chi connectivity index (χ0) is 9.47. The summed E-state index contributed by atoms with van der Waals surface area (Å²) in [5, 5.41) is 2.95. The van der Waals surface area contributed by atoms with Crippen molar-refractivity contribution in [2.45, 2.75) is 31.5 Å². The normalized spacial score (nSPS) is 39.2. The molecule has 0 saturated carbocycles. The van der Waals surface area contributed by atoms with E-state index in [4.69, 9.17) is 4.74 Å². The maximum atomic E-state index is 11.3. The third-order valence-electron chi connectivity index (χ3n) is 3.02. The minimum atomic E-state index is -0.236. The lowest BCUT2D eigenvalue weighted by molar-refractivity contribution is -0.121. The Hall–Kier alpha value is -0.610. The highest BCUT2D eigenvalue weighted by Crippen LogP contribution is 2.36. The SMILES string of the molecule is CCO[C@@]12CCN(C)[C@@H]1NC(=O)C2. The minimum absolute atomic E-state index is 0.0972. The van der Waals surface area contributed by atoms with Gasteiger partial charge in [0.05, 0.1) is 6.42 Å². The second kappa shape index (κ2) is 2.96. The number of rotatable bonds is 2. The first-order valence-corrected chi connectivity index (χ1v) is 4.81. The van der Waals surface area contributed by atoms with Crippen molar-refractivity contribution in [2.24, 2.45) is 0 Å². The van der Waals surface area contributed by atoms with Gasteiger partial charge in [0.15, 0.2) is 0 Å². The van der Waals surface area contributed by atoms with E-state index < -0.39 is 0 Å². The Kier molecular flexibility index (Phi) is 2.04. The molecule has 0 spiro atoms. The molecule has 13 heavy (non-hydrogen) atoms. The van der Waals surface area contributed by atoms with Crippen LogP contribution in [-0.4, -0.2) is 42.8 Å². The van der Waals surface area contributed by atoms with Crippen LogP contribution in [0.5, 0.6) is 0 Å². The van der Waals surface area contributed by atoms with Gasteiger partial charge in [-0.15, -0.1) is 0 Å². The third kappa shape index (κ3) is 1.25. The Morgan fingerprint density at radius 3 is 3.23 bits per heavy atom. The monoisotopic (exact) mass is 184 g/mol. The van der Waals surface area contributed by atoms with Crippen LogP contribution in [0.2, 0.25) is 0 Å². The average Bonchev–Trinajstić information content (AvgIpc) is 2.51. The van der Waals surface area contributed by atoms with Gasteiger partial charge in [-0.25, -0.2) is 0 Å². The lowest BCUT2D eigenvalue weighted by Gasteiger charge is -2.28. The van der Waals surface area contributed by atoms with E-state index in [-0.39, 0.29) is 17.7 Å². The minimum Gasteiger partial charge on any atom is -0.371 e. The van der Waals surface area contributed by atoms with Crippen LogP contribution in [0.25, 0.3) is 0 Å². The summed E-state index contributed by atoms with van der Waals surface area (Å²) in [5.74, 6) is 0.116. The predicted octanol–water partition coefficient (Wildman–Crippen LogP) is -0.0568. The van der Waals surface area contributed by atoms with E-state index in [1.165, 1.54) is 0 Å². The Bertz CT molecular complexity index is 228. The molecule has 4 heteroatoms. The van der Waals surface area contributed by atoms with E-state index in [2.05, 4.69) is 10.2 Å². The fraction of sp³-hybridized carbons (Fsp3) is 0.889. The number of nitrogens with zero attached hydrogens (tertiary/aromatic N) is 1. The molecule has 74 valence electrons. The van der Waals surface area contributed by atoms with Gasteiger partial charge in [-0.3, -0.25) is 9.69 Å². The highest BCUT2D eigenvalue weighted by Gasteiger charge is 2.53. The van der Waals surface area contributed by atoms with Crippen molar-refractivity contribution in [3.63, 3.8) is 0 Å². The maximum Gasteiger partial charge on any atom is 0.224 e. The lowest BCUT2D eigenvalue weighted by Crippen LogP contribution is -2.47. The Balaban J connectivity index is 2.19. The first-order valence-electron chi connectivity index (χ1n) is 4.81. The molecule has 2 rings (SSSR count). The molecule has 2 saturated heterocycles. The van der Waals surface area contributed by atoms with Crippen LogP contribution in [0.4, 0.5) is 0 Å². The van der Waals surface area contributed by atoms with Gasteiger partial charge < -0.3 is 10.1 Å². The van der Waals surface area contributed by atoms with Gasteiger partial charge in [-0.1, -0.05) is 0 Å². The Labute approximate surface area is 78.2 Å². The van der Waals surface area contributed by atoms with Crippen molar-refractivity contribution in [3.8, 4) is 0 Å². The van der Waals surface area contributed by atoms with Crippen LogP contribution in [0.3, 0.4) is 0 Å². The largest absolute Gasteiger partial charge is 0.371 e. The molecule has 0 aromatic rings. The molecular weight excluding hydrogens is 168 g/mol. The average molecular weight is 184 g/mol. The van der Waals surface area contributed by atoms with Gasteiger partial charge in [0.2, 0.25) is 5.91 Å². The standard InChI is InChI=1S/C9H16N2O2/c1-3-13-9-4-5-11(2)8(9)10-7(12)6-9/h8H,3-6H2,1-2H3,(H,10,12)/t8-,9+/m0/s1. The van der Waals surface area contributed by atoms with E-state index in [1.807, 2.05) is 14.0 Å². The molecule has 2 aliphatic heterocycles. The van der Waals surface area contributed by atoms with Crippen LogP contribution in [0, 0.1) is 0 Å². The van der Waals surface area contributed by atoms with Gasteiger partial charge in [0.25, 0.3) is 0 Å². The summed E-state index contributed by atoms with van der Waals surface area (Å²) in [5.41, 5.74) is -0.236. The van der Waals surface area contributed by atoms with Crippen LogP contribution in [-0.2, 0) is 9.53 Å². The van der Waals surface area contributed by atoms with Gasteiger partial charge in [-0.2, -0.15) is 0 Å². The van der Waals surface area contributed by atoms with Crippen LogP contribution >= 0.6 is 0 Å². The van der Waals surface area contributed by atoms with Crippen molar-refractivity contribution < 1.29 is 9.53 Å². The Morgan fingerprint density at radius 2 is 2.54 bits per heavy atom. The second-order valence-electron chi connectivity index (χ2n) is 3.88. The fourth-order valence-electron chi connectivity index (χ4n) is 2.42. The number of amides is 1. The molecule has 0 radical (unpaired) electrons. The number of nitrogens with one attached hydrogen (secondary N) is 1. The van der Waals surface area contributed by atoms with E-state index in [1.54, 1.807) is 0 Å². The van der Waals surface area contributed by atoms with E-state index >= 15 is 0 Å². The van der Waals surface area contributed by atoms with Gasteiger partial charge >= 0.3 is 0 Å². The molecule has 0 bridgehead atoms. The van der Waals surface area contributed by atoms with E-state index in [9.17, 15) is 4.79 Å². The quantitative estimate of drug-likeness (QED) is 0.654. The zero-order valence-electron chi connectivity index (χ0n) is 8.17. The molecule has 1 amide bonds. The number of hydrogen-bond acceptors (Lipinski definition) is 3. The van der Waals surface area contributed by atoms with Crippen molar-refractivity contribution in [1.82, 2.24) is 10.2 Å². The number of ether oxygens (including phenoxy) is 1. The summed E-state index contributed by atoms with van der Waals surface area (Å²) in [4.78, 5) is 13.4. The number of fused-ring (bicyclic) bond motifs is 1. The smallest absolute Gasteiger partial charge is 0.224 e. The molecule has 0 aromatic heterocycles. The summed E-state index contributed by atoms with van der Waals surface area (Å²) >= 11 is 0. The number of likely N-dealkylation sites (N-methyl/N-ethyl adjacent to an activating group) is 1. The second-order valence-corrected chi connectivity index (χ2v) is 3.88. The molecule has 2 aliphatic rings. The molecule has 4 nitrogen and oxygen atoms in total. The van der Waals surface area contributed by atoms with E-state index in [0.29, 0.717) is 13.0 Å². The first-order chi connectivity index (χ1) is 6.18. The molecule has 2 heterocycles. The summed E-state index contributed by atoms with van der Waals surface area (Å²) in [6, 6.07) is 0. The molecular formula is C9H16N2O2. The molecule has 1 N–H and O–H groups in total. The number of carbonyl (C=O) groups is 1. The van der Waals surface area contributed by atoms with E-state index in [0.717, 1.165) is 13.0 Å². The molecule has 0 aromatic carbocycles. The van der Waals surface area contributed by atoms with Gasteiger partial charge in [0.1, 0.15) is 11.8 Å². The number of hydrogen-bond donors (Lipinski definition) is 1. The number of carbonyl (C=O) groups excluding carboxylic acids is 1. The lowest BCUT2D eigenvalue weighted by atomic mass is 9.99. The molecule has 0 aliphatic carbocycles. The van der Waals surface area contributed by atoms with Crippen molar-refractivity contribution in [2.75, 3.05) is 20.2 Å². The molecule has 2 fully saturated rings. The van der Waals surface area contributed by atoms with Crippen LogP contribution < -0.4 is 5.32 Å². The van der Waals surface area contributed by atoms with Gasteiger partial charge in [-0.05, 0) is 20.4 Å². The van der Waals surface area contributed by atoms with Crippen molar-refractivity contribution in [3.05, 3.63) is 0 Å². The van der Waals surface area contributed by atoms with Crippen LogP contribution in [0.1, 0.15) is 19.8 Å². The molecule has 0 unspecified atom stereocenters. The van der Waals surface area contributed by atoms with Crippen LogP contribution in [0.15, 0.2) is 0 Å². The highest BCUT2D eigenvalue weighted by molar-refractivity contribution is 5.80. The summed E-state index contributed by atoms with van der Waals surface area (Å²) < 4.78 is 5.73. The predicted molar refractivity (Wildman–Crippen MR) is 48.2 cm³/mol. The van der Waals surface area contributed by atoms with Crippen molar-refractivity contribution >= 4 is 5.91 Å². The topological polar surface area (TPSA) is 41.6 Å². The summed E-state index contributed by atoms with van der Waals surface area (Å²) in [6.07, 6.45) is 1.58. The third-order valence-corrected chi connectivity index (χ3v) is 3.02. The first kappa shape index (κ1) is 8.97. The fourth-order valence-corrected chi connectivity index (χ4v) is 2.42. The maximum absolute atomic E-state index is 11.3. The van der Waals surface area contributed by atoms with Crippen molar-refractivity contribution in [1.29, 1.82) is 0 Å². The number of likely N-dealkylation sites (tertiary alicyclic amines) is 1. The zero-order valence-corrected chi connectivity index (χ0v) is 8.17. The summed E-state index contributed by atoms with van der Waals surface area (Å²) in [7, 11) is 2.02. The summed E-state index contributed by atoms with van der Waals surface area (Å²) in [6.45, 7) is 3.66. The highest BCUT2D eigenvalue weighted by atomic mass is 16.5. The Morgan fingerprint density at radius 1 is 1.77 bits per heavy atom. The van der Waals surface area contributed by atoms with Gasteiger partial charge in [0, 0.05) is 13.2 Å². The molecule has 2 atom stereocenters.